The van der Waals surface area contributed by atoms with Gasteiger partial charge in [0.1, 0.15) is 0 Å². The number of anilines is 1. The van der Waals surface area contributed by atoms with Crippen molar-refractivity contribution in [1.82, 2.24) is 10.2 Å². The maximum atomic E-state index is 12.5. The summed E-state index contributed by atoms with van der Waals surface area (Å²) in [5.74, 6) is 0.140. The van der Waals surface area contributed by atoms with Crippen LogP contribution in [0.5, 0.6) is 0 Å². The summed E-state index contributed by atoms with van der Waals surface area (Å²) in [5.41, 5.74) is 1.89. The third-order valence-electron chi connectivity index (χ3n) is 3.62. The number of carbonyl (C=O) groups excluding carboxylic acids is 1. The molecule has 1 aliphatic heterocycles. The lowest BCUT2D eigenvalue weighted by atomic mass is 10.1. The normalized spacial score (nSPS) is 19.9. The second-order valence-corrected chi connectivity index (χ2v) is 5.35. The van der Waals surface area contributed by atoms with Crippen molar-refractivity contribution in [3.05, 3.63) is 29.8 Å². The molecule has 4 heteroatoms. The van der Waals surface area contributed by atoms with E-state index in [2.05, 4.69) is 12.2 Å². The summed E-state index contributed by atoms with van der Waals surface area (Å²) in [4.78, 5) is 16.5. The molecular weight excluding hydrogens is 238 g/mol. The molecule has 19 heavy (non-hydrogen) atoms. The molecule has 1 aromatic carbocycles. The Kier molecular flexibility index (Phi) is 4.43. The zero-order chi connectivity index (χ0) is 13.8. The van der Waals surface area contributed by atoms with E-state index in [-0.39, 0.29) is 11.9 Å². The number of rotatable bonds is 2. The minimum atomic E-state index is 0.140. The summed E-state index contributed by atoms with van der Waals surface area (Å²) in [6.07, 6.45) is 1.02. The largest absolute Gasteiger partial charge is 0.378 e. The Morgan fingerprint density at radius 1 is 1.32 bits per heavy atom. The van der Waals surface area contributed by atoms with E-state index >= 15 is 0 Å². The number of hydrogen-bond donors (Lipinski definition) is 1. The van der Waals surface area contributed by atoms with Gasteiger partial charge < -0.3 is 15.1 Å². The van der Waals surface area contributed by atoms with Gasteiger partial charge in [0.25, 0.3) is 5.91 Å². The first-order chi connectivity index (χ1) is 9.09. The smallest absolute Gasteiger partial charge is 0.254 e. The molecule has 0 aliphatic carbocycles. The van der Waals surface area contributed by atoms with Crippen LogP contribution in [0.3, 0.4) is 0 Å². The molecule has 0 spiro atoms. The van der Waals surface area contributed by atoms with Gasteiger partial charge in [0, 0.05) is 44.5 Å². The molecule has 2 rings (SSSR count). The number of nitrogens with zero attached hydrogens (tertiary/aromatic N) is 2. The number of nitrogens with one attached hydrogen (secondary N) is 1. The molecule has 1 aliphatic rings. The first kappa shape index (κ1) is 13.9. The quantitative estimate of drug-likeness (QED) is 0.878. The van der Waals surface area contributed by atoms with Crippen LogP contribution in [0.4, 0.5) is 5.69 Å². The minimum Gasteiger partial charge on any atom is -0.378 e. The molecule has 0 bridgehead atoms. The summed E-state index contributed by atoms with van der Waals surface area (Å²) in [6, 6.07) is 8.08. The Hall–Kier alpha value is -1.55. The van der Waals surface area contributed by atoms with E-state index in [1.54, 1.807) is 0 Å². The predicted molar refractivity (Wildman–Crippen MR) is 78.8 cm³/mol. The van der Waals surface area contributed by atoms with Crippen molar-refractivity contribution in [3.8, 4) is 0 Å². The number of amides is 1. The molecular formula is C15H23N3O. The highest BCUT2D eigenvalue weighted by Crippen LogP contribution is 2.15. The van der Waals surface area contributed by atoms with Crippen molar-refractivity contribution in [2.75, 3.05) is 38.6 Å². The van der Waals surface area contributed by atoms with Crippen LogP contribution in [0.2, 0.25) is 0 Å². The van der Waals surface area contributed by atoms with Gasteiger partial charge in [-0.15, -0.1) is 0 Å². The fraction of sp³-hybridized carbons (Fsp3) is 0.533. The molecule has 0 saturated carbocycles. The highest BCUT2D eigenvalue weighted by Gasteiger charge is 2.22. The second kappa shape index (κ2) is 6.06. The second-order valence-electron chi connectivity index (χ2n) is 5.35. The van der Waals surface area contributed by atoms with Gasteiger partial charge in [-0.3, -0.25) is 4.79 Å². The van der Waals surface area contributed by atoms with Crippen LogP contribution < -0.4 is 10.2 Å². The van der Waals surface area contributed by atoms with E-state index in [0.29, 0.717) is 0 Å². The van der Waals surface area contributed by atoms with E-state index in [9.17, 15) is 4.79 Å². The topological polar surface area (TPSA) is 35.6 Å². The van der Waals surface area contributed by atoms with E-state index in [0.717, 1.165) is 37.3 Å². The van der Waals surface area contributed by atoms with E-state index < -0.39 is 0 Å². The number of hydrogen-bond acceptors (Lipinski definition) is 3. The van der Waals surface area contributed by atoms with Crippen LogP contribution in [0.25, 0.3) is 0 Å². The fourth-order valence-corrected chi connectivity index (χ4v) is 2.39. The maximum Gasteiger partial charge on any atom is 0.254 e. The Morgan fingerprint density at radius 3 is 2.63 bits per heavy atom. The van der Waals surface area contributed by atoms with Crippen molar-refractivity contribution in [2.45, 2.75) is 19.4 Å². The van der Waals surface area contributed by atoms with E-state index in [1.807, 2.05) is 48.2 Å². The Labute approximate surface area is 115 Å². The average molecular weight is 261 g/mol. The van der Waals surface area contributed by atoms with Crippen LogP contribution in [-0.2, 0) is 0 Å². The minimum absolute atomic E-state index is 0.140. The van der Waals surface area contributed by atoms with Crippen molar-refractivity contribution in [2.24, 2.45) is 0 Å². The lowest BCUT2D eigenvalue weighted by Gasteiger charge is -2.27. The van der Waals surface area contributed by atoms with Gasteiger partial charge in [-0.2, -0.15) is 0 Å². The highest BCUT2D eigenvalue weighted by atomic mass is 16.2. The zero-order valence-electron chi connectivity index (χ0n) is 12.0. The van der Waals surface area contributed by atoms with Crippen LogP contribution >= 0.6 is 0 Å². The molecule has 1 unspecified atom stereocenters. The van der Waals surface area contributed by atoms with Crippen molar-refractivity contribution in [3.63, 3.8) is 0 Å². The molecule has 1 amide bonds. The Balaban J connectivity index is 2.13. The molecule has 1 saturated heterocycles. The molecule has 1 atom stereocenters. The molecule has 0 radical (unpaired) electrons. The van der Waals surface area contributed by atoms with E-state index in [1.165, 1.54) is 0 Å². The van der Waals surface area contributed by atoms with Gasteiger partial charge in [0.05, 0.1) is 0 Å². The van der Waals surface area contributed by atoms with Crippen molar-refractivity contribution in [1.29, 1.82) is 0 Å². The first-order valence-electron chi connectivity index (χ1n) is 6.88. The summed E-state index contributed by atoms with van der Waals surface area (Å²) >= 11 is 0. The molecule has 104 valence electrons. The lowest BCUT2D eigenvalue weighted by Crippen LogP contribution is -2.41. The Morgan fingerprint density at radius 2 is 2.00 bits per heavy atom. The van der Waals surface area contributed by atoms with Gasteiger partial charge in [-0.05, 0) is 44.2 Å². The predicted octanol–water partition coefficient (Wildman–Crippen LogP) is 1.58. The third kappa shape index (κ3) is 3.26. The number of carbonyl (C=O) groups is 1. The molecule has 0 aromatic heterocycles. The summed E-state index contributed by atoms with van der Waals surface area (Å²) in [6.45, 7) is 4.81. The molecule has 1 N–H and O–H groups in total. The number of benzene rings is 1. The zero-order valence-corrected chi connectivity index (χ0v) is 12.0. The van der Waals surface area contributed by atoms with Crippen molar-refractivity contribution >= 4 is 11.6 Å². The van der Waals surface area contributed by atoms with Gasteiger partial charge in [-0.1, -0.05) is 0 Å². The van der Waals surface area contributed by atoms with Gasteiger partial charge >= 0.3 is 0 Å². The van der Waals surface area contributed by atoms with Crippen molar-refractivity contribution < 1.29 is 4.79 Å². The van der Waals surface area contributed by atoms with E-state index in [4.69, 9.17) is 0 Å². The SMILES string of the molecule is CC1CNCCCN1C(=O)c1ccc(N(C)C)cc1. The van der Waals surface area contributed by atoms with Gasteiger partial charge in [0.2, 0.25) is 0 Å². The molecule has 4 nitrogen and oxygen atoms in total. The van der Waals surface area contributed by atoms with Gasteiger partial charge in [0.15, 0.2) is 0 Å². The average Bonchev–Trinajstić information content (AvgIpc) is 2.63. The summed E-state index contributed by atoms with van der Waals surface area (Å²) in [5, 5.41) is 3.36. The van der Waals surface area contributed by atoms with Crippen LogP contribution in [0, 0.1) is 0 Å². The van der Waals surface area contributed by atoms with Crippen LogP contribution in [0.1, 0.15) is 23.7 Å². The summed E-state index contributed by atoms with van der Waals surface area (Å²) < 4.78 is 0. The maximum absolute atomic E-state index is 12.5. The third-order valence-corrected chi connectivity index (χ3v) is 3.62. The highest BCUT2D eigenvalue weighted by molar-refractivity contribution is 5.94. The van der Waals surface area contributed by atoms with Gasteiger partial charge in [-0.25, -0.2) is 0 Å². The Bertz CT molecular complexity index is 428. The first-order valence-corrected chi connectivity index (χ1v) is 6.88. The molecule has 1 aromatic rings. The monoisotopic (exact) mass is 261 g/mol. The lowest BCUT2D eigenvalue weighted by molar-refractivity contribution is 0.0707. The fourth-order valence-electron chi connectivity index (χ4n) is 2.39. The summed E-state index contributed by atoms with van der Waals surface area (Å²) in [7, 11) is 4.00. The van der Waals surface area contributed by atoms with Crippen LogP contribution in [0.15, 0.2) is 24.3 Å². The van der Waals surface area contributed by atoms with Crippen LogP contribution in [-0.4, -0.2) is 50.6 Å². The molecule has 1 fully saturated rings. The standard InChI is InChI=1S/C15H23N3O/c1-12-11-16-9-4-10-18(12)15(19)13-5-7-14(8-6-13)17(2)3/h5-8,12,16H,4,9-11H2,1-3H3. The molecule has 1 heterocycles.